The van der Waals surface area contributed by atoms with Crippen molar-refractivity contribution in [2.45, 2.75) is 44.6 Å². The van der Waals surface area contributed by atoms with Crippen LogP contribution in [0.3, 0.4) is 0 Å². The third kappa shape index (κ3) is 5.45. The van der Waals surface area contributed by atoms with Crippen molar-refractivity contribution >= 4 is 29.1 Å². The van der Waals surface area contributed by atoms with Crippen molar-refractivity contribution in [3.8, 4) is 0 Å². The number of carbonyl (C=O) groups is 1. The van der Waals surface area contributed by atoms with Crippen LogP contribution < -0.4 is 0 Å². The maximum Gasteiger partial charge on any atom is 0.222 e. The quantitative estimate of drug-likeness (QED) is 0.768. The van der Waals surface area contributed by atoms with Gasteiger partial charge in [-0.25, -0.2) is 0 Å². The Morgan fingerprint density at radius 3 is 2.82 bits per heavy atom. The summed E-state index contributed by atoms with van der Waals surface area (Å²) in [4.78, 5) is 14.0. The van der Waals surface area contributed by atoms with Crippen molar-refractivity contribution in [2.75, 3.05) is 20.2 Å². The Hall–Kier alpha value is -0.770. The highest BCUT2D eigenvalue weighted by Crippen LogP contribution is 2.23. The van der Waals surface area contributed by atoms with Gasteiger partial charge < -0.3 is 9.64 Å². The highest BCUT2D eigenvalue weighted by molar-refractivity contribution is 6.42. The highest BCUT2D eigenvalue weighted by Gasteiger charge is 2.16. The predicted molar refractivity (Wildman–Crippen MR) is 90.6 cm³/mol. The van der Waals surface area contributed by atoms with E-state index in [-0.39, 0.29) is 5.91 Å². The van der Waals surface area contributed by atoms with Gasteiger partial charge in [0.05, 0.1) is 16.1 Å². The van der Waals surface area contributed by atoms with E-state index in [0.717, 1.165) is 38.0 Å². The number of ether oxygens (including phenoxy) is 1. The first-order chi connectivity index (χ1) is 10.6. The number of nitrogens with zero attached hydrogens (tertiary/aromatic N) is 1. The maximum absolute atomic E-state index is 12.2. The van der Waals surface area contributed by atoms with Crippen LogP contribution in [-0.4, -0.2) is 37.1 Å². The molecule has 1 unspecified atom stereocenters. The van der Waals surface area contributed by atoms with Crippen molar-refractivity contribution in [3.63, 3.8) is 0 Å². The molecule has 1 amide bonds. The molecular formula is C17H23Cl2NO2. The molecular weight excluding hydrogens is 321 g/mol. The summed E-state index contributed by atoms with van der Waals surface area (Å²) in [5, 5.41) is 1.08. The molecule has 1 atom stereocenters. The molecule has 1 aromatic rings. The number of rotatable bonds is 6. The summed E-state index contributed by atoms with van der Waals surface area (Å²) in [6.45, 7) is 1.62. The summed E-state index contributed by atoms with van der Waals surface area (Å²) >= 11 is 11.9. The molecule has 2 rings (SSSR count). The fourth-order valence-electron chi connectivity index (χ4n) is 2.63. The van der Waals surface area contributed by atoms with Gasteiger partial charge in [0, 0.05) is 26.6 Å². The van der Waals surface area contributed by atoms with Gasteiger partial charge in [-0.2, -0.15) is 0 Å². The second kappa shape index (κ2) is 8.76. The second-order valence-electron chi connectivity index (χ2n) is 5.84. The van der Waals surface area contributed by atoms with Crippen LogP contribution >= 0.6 is 23.2 Å². The number of aryl methyl sites for hydroxylation is 1. The molecule has 0 spiro atoms. The van der Waals surface area contributed by atoms with Crippen molar-refractivity contribution in [1.82, 2.24) is 4.90 Å². The Balaban J connectivity index is 1.72. The lowest BCUT2D eigenvalue weighted by Gasteiger charge is -2.25. The minimum atomic E-state index is 0.155. The molecule has 1 aliphatic heterocycles. The lowest BCUT2D eigenvalue weighted by atomic mass is 10.1. The van der Waals surface area contributed by atoms with Gasteiger partial charge in [0.25, 0.3) is 0 Å². The van der Waals surface area contributed by atoms with Crippen LogP contribution in [0, 0.1) is 0 Å². The zero-order valence-corrected chi connectivity index (χ0v) is 14.5. The Bertz CT molecular complexity index is 501. The van der Waals surface area contributed by atoms with Crippen LogP contribution in [0.15, 0.2) is 18.2 Å². The predicted octanol–water partition coefficient (Wildman–Crippen LogP) is 4.34. The van der Waals surface area contributed by atoms with Gasteiger partial charge in [-0.1, -0.05) is 29.3 Å². The van der Waals surface area contributed by atoms with E-state index in [1.165, 1.54) is 6.42 Å². The number of amides is 1. The van der Waals surface area contributed by atoms with E-state index in [4.69, 9.17) is 27.9 Å². The summed E-state index contributed by atoms with van der Waals surface area (Å²) in [5.41, 5.74) is 1.03. The molecule has 1 fully saturated rings. The summed E-state index contributed by atoms with van der Waals surface area (Å²) in [6, 6.07) is 5.51. The summed E-state index contributed by atoms with van der Waals surface area (Å²) in [5.74, 6) is 0.155. The van der Waals surface area contributed by atoms with E-state index in [9.17, 15) is 4.79 Å². The number of benzene rings is 1. The Morgan fingerprint density at radius 2 is 2.14 bits per heavy atom. The topological polar surface area (TPSA) is 29.5 Å². The Morgan fingerprint density at radius 1 is 1.32 bits per heavy atom. The minimum absolute atomic E-state index is 0.155. The number of hydrogen-bond donors (Lipinski definition) is 0. The second-order valence-corrected chi connectivity index (χ2v) is 6.66. The van der Waals surface area contributed by atoms with Crippen LogP contribution in [0.1, 0.15) is 37.7 Å². The first kappa shape index (κ1) is 17.6. The van der Waals surface area contributed by atoms with Gasteiger partial charge >= 0.3 is 0 Å². The largest absolute Gasteiger partial charge is 0.378 e. The SMILES string of the molecule is CN(CCC1CCCCO1)C(=O)CCc1ccc(Cl)c(Cl)c1. The van der Waals surface area contributed by atoms with Crippen LogP contribution in [0.2, 0.25) is 10.0 Å². The summed E-state index contributed by atoms with van der Waals surface area (Å²) in [7, 11) is 1.86. The van der Waals surface area contributed by atoms with E-state index >= 15 is 0 Å². The fourth-order valence-corrected chi connectivity index (χ4v) is 2.96. The van der Waals surface area contributed by atoms with E-state index < -0.39 is 0 Å². The Labute approximate surface area is 142 Å². The number of carbonyl (C=O) groups excluding carboxylic acids is 1. The first-order valence-corrected chi connectivity index (χ1v) is 8.61. The zero-order chi connectivity index (χ0) is 15.9. The van der Waals surface area contributed by atoms with Crippen molar-refractivity contribution < 1.29 is 9.53 Å². The molecule has 5 heteroatoms. The van der Waals surface area contributed by atoms with Gasteiger partial charge in [-0.05, 0) is 49.8 Å². The normalized spacial score (nSPS) is 18.2. The third-order valence-corrected chi connectivity index (χ3v) is 4.84. The molecule has 1 saturated heterocycles. The number of hydrogen-bond acceptors (Lipinski definition) is 2. The highest BCUT2D eigenvalue weighted by atomic mass is 35.5. The smallest absolute Gasteiger partial charge is 0.222 e. The average molecular weight is 344 g/mol. The van der Waals surface area contributed by atoms with Crippen LogP contribution in [0.25, 0.3) is 0 Å². The lowest BCUT2D eigenvalue weighted by Crippen LogP contribution is -2.31. The van der Waals surface area contributed by atoms with Crippen molar-refractivity contribution in [2.24, 2.45) is 0 Å². The first-order valence-electron chi connectivity index (χ1n) is 7.86. The summed E-state index contributed by atoms with van der Waals surface area (Å²) < 4.78 is 5.70. The van der Waals surface area contributed by atoms with Crippen molar-refractivity contribution in [3.05, 3.63) is 33.8 Å². The van der Waals surface area contributed by atoms with Crippen LogP contribution in [-0.2, 0) is 16.0 Å². The molecule has 0 bridgehead atoms. The molecule has 0 saturated carbocycles. The van der Waals surface area contributed by atoms with Crippen molar-refractivity contribution in [1.29, 1.82) is 0 Å². The average Bonchev–Trinajstić information content (AvgIpc) is 2.54. The standard InChI is InChI=1S/C17H23Cl2NO2/c1-20(10-9-14-4-2-3-11-22-14)17(21)8-6-13-5-7-15(18)16(19)12-13/h5,7,12,14H,2-4,6,8-11H2,1H3. The molecule has 1 aromatic carbocycles. The molecule has 0 aromatic heterocycles. The van der Waals surface area contributed by atoms with E-state index in [0.29, 0.717) is 29.0 Å². The molecule has 3 nitrogen and oxygen atoms in total. The number of halogens is 2. The van der Waals surface area contributed by atoms with E-state index in [2.05, 4.69) is 0 Å². The monoisotopic (exact) mass is 343 g/mol. The minimum Gasteiger partial charge on any atom is -0.378 e. The molecule has 22 heavy (non-hydrogen) atoms. The third-order valence-electron chi connectivity index (χ3n) is 4.10. The fraction of sp³-hybridized carbons (Fsp3) is 0.588. The van der Waals surface area contributed by atoms with Crippen LogP contribution in [0.4, 0.5) is 0 Å². The maximum atomic E-state index is 12.2. The molecule has 1 aliphatic rings. The molecule has 122 valence electrons. The lowest BCUT2D eigenvalue weighted by molar-refractivity contribution is -0.130. The van der Waals surface area contributed by atoms with Gasteiger partial charge in [-0.3, -0.25) is 4.79 Å². The van der Waals surface area contributed by atoms with Gasteiger partial charge in [0.15, 0.2) is 0 Å². The van der Waals surface area contributed by atoms with Gasteiger partial charge in [0.1, 0.15) is 0 Å². The molecule has 0 radical (unpaired) electrons. The van der Waals surface area contributed by atoms with E-state index in [1.807, 2.05) is 19.2 Å². The van der Waals surface area contributed by atoms with Gasteiger partial charge in [-0.15, -0.1) is 0 Å². The van der Waals surface area contributed by atoms with Crippen LogP contribution in [0.5, 0.6) is 0 Å². The summed E-state index contributed by atoms with van der Waals surface area (Å²) in [6.07, 6.45) is 5.92. The Kier molecular flexibility index (Phi) is 7.00. The van der Waals surface area contributed by atoms with E-state index in [1.54, 1.807) is 11.0 Å². The molecule has 0 N–H and O–H groups in total. The van der Waals surface area contributed by atoms with Gasteiger partial charge in [0.2, 0.25) is 5.91 Å². The zero-order valence-electron chi connectivity index (χ0n) is 13.0. The molecule has 1 heterocycles. The molecule has 0 aliphatic carbocycles.